The van der Waals surface area contributed by atoms with E-state index >= 15 is 0 Å². The van der Waals surface area contributed by atoms with Gasteiger partial charge in [-0.05, 0) is 83.9 Å². The van der Waals surface area contributed by atoms with E-state index in [0.29, 0.717) is 5.39 Å². The largest absolute Gasteiger partial charge is 0.309 e. The maximum atomic E-state index is 14.4. The van der Waals surface area contributed by atoms with Gasteiger partial charge in [-0.15, -0.1) is 0 Å². The number of benzene rings is 7. The van der Waals surface area contributed by atoms with E-state index in [2.05, 4.69) is 130 Å². The van der Waals surface area contributed by atoms with Crippen molar-refractivity contribution in [2.45, 2.75) is 0 Å². The molecule has 0 amide bonds. The van der Waals surface area contributed by atoms with Gasteiger partial charge < -0.3 is 4.57 Å². The Morgan fingerprint density at radius 2 is 0.811 bits per heavy atom. The average molecular weight is 679 g/mol. The van der Waals surface area contributed by atoms with Gasteiger partial charge in [0.1, 0.15) is 5.82 Å². The molecule has 53 heavy (non-hydrogen) atoms. The molecule has 0 atom stereocenters. The van der Waals surface area contributed by atoms with E-state index in [0.717, 1.165) is 66.4 Å². The van der Waals surface area contributed by atoms with E-state index in [4.69, 9.17) is 4.98 Å². The van der Waals surface area contributed by atoms with Gasteiger partial charge in [-0.3, -0.25) is 13.9 Å². The summed E-state index contributed by atoms with van der Waals surface area (Å²) in [6, 6.07) is 61.1. The number of hydrogen-bond acceptors (Lipinski definition) is 2. The van der Waals surface area contributed by atoms with Crippen LogP contribution >= 0.6 is 0 Å². The van der Waals surface area contributed by atoms with Crippen molar-refractivity contribution in [1.82, 2.24) is 18.7 Å². The monoisotopic (exact) mass is 678 g/mol. The maximum absolute atomic E-state index is 14.4. The highest BCUT2D eigenvalue weighted by atomic mass is 16.1. The molecule has 5 heteroatoms. The lowest BCUT2D eigenvalue weighted by molar-refractivity contribution is 1.05. The van der Waals surface area contributed by atoms with Crippen LogP contribution in [0.5, 0.6) is 0 Å². The minimum Gasteiger partial charge on any atom is -0.309 e. The molecular weight excluding hydrogens is 649 g/mol. The third kappa shape index (κ3) is 4.31. The van der Waals surface area contributed by atoms with Crippen LogP contribution in [0.2, 0.25) is 0 Å². The fourth-order valence-corrected chi connectivity index (χ4v) is 8.40. The maximum Gasteiger partial charge on any atom is 0.263 e. The Labute approximate surface area is 303 Å². The van der Waals surface area contributed by atoms with Crippen LogP contribution in [0.1, 0.15) is 0 Å². The van der Waals surface area contributed by atoms with Crippen LogP contribution in [0.3, 0.4) is 0 Å². The van der Waals surface area contributed by atoms with Crippen molar-refractivity contribution in [2.24, 2.45) is 0 Å². The van der Waals surface area contributed by atoms with Crippen LogP contribution in [0.4, 0.5) is 0 Å². The van der Waals surface area contributed by atoms with Crippen molar-refractivity contribution < 1.29 is 0 Å². The van der Waals surface area contributed by atoms with E-state index in [1.807, 2.05) is 59.2 Å². The Balaban J connectivity index is 1.15. The fourth-order valence-electron chi connectivity index (χ4n) is 8.40. The van der Waals surface area contributed by atoms with Crippen molar-refractivity contribution in [3.63, 3.8) is 0 Å². The molecule has 4 aromatic heterocycles. The molecule has 0 unspecified atom stereocenters. The molecule has 0 radical (unpaired) electrons. The van der Waals surface area contributed by atoms with Gasteiger partial charge in [-0.25, -0.2) is 4.98 Å². The predicted molar refractivity (Wildman–Crippen MR) is 219 cm³/mol. The Bertz CT molecular complexity index is 3300. The Kier molecular flexibility index (Phi) is 6.34. The van der Waals surface area contributed by atoms with Gasteiger partial charge in [0, 0.05) is 49.9 Å². The van der Waals surface area contributed by atoms with Crippen LogP contribution in [-0.2, 0) is 0 Å². The summed E-state index contributed by atoms with van der Waals surface area (Å²) in [5.74, 6) is 0.741. The van der Waals surface area contributed by atoms with E-state index in [1.54, 1.807) is 6.20 Å². The van der Waals surface area contributed by atoms with Gasteiger partial charge in [0.15, 0.2) is 0 Å². The third-order valence-electron chi connectivity index (χ3n) is 10.7. The highest BCUT2D eigenvalue weighted by Crippen LogP contribution is 2.39. The molecule has 11 rings (SSSR count). The normalized spacial score (nSPS) is 11.8. The number of rotatable bonds is 4. The number of para-hydroxylation sites is 5. The first-order chi connectivity index (χ1) is 26.2. The molecule has 11 aromatic rings. The second kappa shape index (κ2) is 11.4. The Morgan fingerprint density at radius 1 is 0.358 bits per heavy atom. The lowest BCUT2D eigenvalue weighted by Crippen LogP contribution is -2.20. The quantitative estimate of drug-likeness (QED) is 0.174. The molecule has 0 aliphatic carbocycles. The highest BCUT2D eigenvalue weighted by Gasteiger charge is 2.21. The van der Waals surface area contributed by atoms with Crippen LogP contribution in [0, 0.1) is 0 Å². The minimum absolute atomic E-state index is 0.0689. The van der Waals surface area contributed by atoms with Crippen LogP contribution in [0.25, 0.3) is 93.6 Å². The molecule has 0 aliphatic heterocycles. The first kappa shape index (κ1) is 29.5. The number of nitrogens with zero attached hydrogens (tertiary/aromatic N) is 4. The van der Waals surface area contributed by atoms with Gasteiger partial charge in [0.05, 0.1) is 33.0 Å². The Hall–Kier alpha value is -7.24. The molecule has 0 aliphatic rings. The SMILES string of the molecule is O=c1c2ccnc(-n3c4ccccc4c4cc(-c5ccc6c(c5)c5ccccc5n6-c5ccccc5)ccc43)c2c2ccccc2n1-c1ccccc1. The summed E-state index contributed by atoms with van der Waals surface area (Å²) >= 11 is 0. The number of hydrogen-bond donors (Lipinski definition) is 0. The molecule has 0 fully saturated rings. The molecule has 0 saturated heterocycles. The van der Waals surface area contributed by atoms with Gasteiger partial charge in [0.2, 0.25) is 0 Å². The molecule has 0 N–H and O–H groups in total. The van der Waals surface area contributed by atoms with E-state index < -0.39 is 0 Å². The van der Waals surface area contributed by atoms with Crippen molar-refractivity contribution in [3.8, 4) is 28.3 Å². The van der Waals surface area contributed by atoms with Gasteiger partial charge in [-0.1, -0.05) is 103 Å². The third-order valence-corrected chi connectivity index (χ3v) is 10.7. The smallest absolute Gasteiger partial charge is 0.263 e. The predicted octanol–water partition coefficient (Wildman–Crippen LogP) is 11.4. The molecule has 7 aromatic carbocycles. The zero-order valence-electron chi connectivity index (χ0n) is 28.5. The van der Waals surface area contributed by atoms with Crippen LogP contribution < -0.4 is 5.56 Å². The van der Waals surface area contributed by atoms with Crippen molar-refractivity contribution >= 4 is 65.3 Å². The van der Waals surface area contributed by atoms with E-state index in [9.17, 15) is 4.79 Å². The summed E-state index contributed by atoms with van der Waals surface area (Å²) in [5.41, 5.74) is 9.50. The summed E-state index contributed by atoms with van der Waals surface area (Å²) in [6.45, 7) is 0. The fraction of sp³-hybridized carbons (Fsp3) is 0. The number of pyridine rings is 2. The Morgan fingerprint density at radius 3 is 1.42 bits per heavy atom. The highest BCUT2D eigenvalue weighted by molar-refractivity contribution is 6.15. The second-order valence-electron chi connectivity index (χ2n) is 13.6. The second-order valence-corrected chi connectivity index (χ2v) is 13.6. The summed E-state index contributed by atoms with van der Waals surface area (Å²) in [7, 11) is 0. The molecular formula is C48H30N4O. The van der Waals surface area contributed by atoms with Crippen molar-refractivity contribution in [2.75, 3.05) is 0 Å². The van der Waals surface area contributed by atoms with Crippen molar-refractivity contribution in [3.05, 3.63) is 192 Å². The first-order valence-electron chi connectivity index (χ1n) is 17.8. The summed E-state index contributed by atoms with van der Waals surface area (Å²) in [5, 5.41) is 7.15. The van der Waals surface area contributed by atoms with Gasteiger partial charge in [-0.2, -0.15) is 0 Å². The molecule has 0 bridgehead atoms. The first-order valence-corrected chi connectivity index (χ1v) is 17.8. The number of aromatic nitrogens is 4. The molecule has 4 heterocycles. The van der Waals surface area contributed by atoms with Gasteiger partial charge >= 0.3 is 0 Å². The molecule has 5 nitrogen and oxygen atoms in total. The minimum atomic E-state index is -0.0689. The molecule has 0 saturated carbocycles. The van der Waals surface area contributed by atoms with Crippen molar-refractivity contribution in [1.29, 1.82) is 0 Å². The lowest BCUT2D eigenvalue weighted by Gasteiger charge is -2.16. The van der Waals surface area contributed by atoms with Crippen LogP contribution in [-0.4, -0.2) is 18.7 Å². The lowest BCUT2D eigenvalue weighted by atomic mass is 10.0. The molecule has 0 spiro atoms. The standard InChI is InChI=1S/C48H30N4O/c53-48-38-27-28-49-47(46(38)37-19-9-12-22-43(37)51(48)34-15-5-2-6-16-34)52-42-21-11-8-18-36(42)40-30-32(24-26-45(40)52)31-23-25-44-39(29-31)35-17-7-10-20-41(35)50(44)33-13-3-1-4-14-33/h1-30H. The molecule has 248 valence electrons. The summed E-state index contributed by atoms with van der Waals surface area (Å²) in [4.78, 5) is 19.4. The average Bonchev–Trinajstić information content (AvgIpc) is 3.73. The summed E-state index contributed by atoms with van der Waals surface area (Å²) < 4.78 is 6.39. The zero-order valence-corrected chi connectivity index (χ0v) is 28.5. The van der Waals surface area contributed by atoms with Crippen LogP contribution in [0.15, 0.2) is 187 Å². The van der Waals surface area contributed by atoms with E-state index in [1.165, 1.54) is 21.8 Å². The number of fused-ring (bicyclic) bond motifs is 9. The van der Waals surface area contributed by atoms with Gasteiger partial charge in [0.25, 0.3) is 5.56 Å². The van der Waals surface area contributed by atoms with E-state index in [-0.39, 0.29) is 5.56 Å². The topological polar surface area (TPSA) is 44.8 Å². The summed E-state index contributed by atoms with van der Waals surface area (Å²) in [6.07, 6.45) is 1.76. The zero-order chi connectivity index (χ0) is 35.0.